The van der Waals surface area contributed by atoms with Gasteiger partial charge in [-0.2, -0.15) is 5.26 Å². The molecule has 0 spiro atoms. The molecule has 0 saturated carbocycles. The van der Waals surface area contributed by atoms with Gasteiger partial charge in [0.2, 0.25) is 11.8 Å². The minimum Gasteiger partial charge on any atom is -0.504 e. The molecular weight excluding hydrogens is 811 g/mol. The fraction of sp³-hybridized carbons (Fsp3) is 0.130. The summed E-state index contributed by atoms with van der Waals surface area (Å²) in [5, 5.41) is 42.2. The molecule has 9 N–H and O–H groups in total. The molecule has 1 atom stereocenters. The number of aromatic hydroxyl groups is 1. The Labute approximate surface area is 360 Å². The topological polar surface area (TPSA) is 279 Å². The molecule has 5 aromatic carbocycles. The van der Waals surface area contributed by atoms with Gasteiger partial charge < -0.3 is 47.3 Å². The first-order valence-corrected chi connectivity index (χ1v) is 19.1. The largest absolute Gasteiger partial charge is 0.504 e. The van der Waals surface area contributed by atoms with Crippen molar-refractivity contribution in [2.75, 3.05) is 21.3 Å². The van der Waals surface area contributed by atoms with Crippen molar-refractivity contribution in [1.29, 1.82) is 5.26 Å². The number of phenolic OH excluding ortho intramolecular Hbond substituents is 1. The van der Waals surface area contributed by atoms with Crippen molar-refractivity contribution in [3.8, 4) is 17.6 Å². The van der Waals surface area contributed by atoms with E-state index < -0.39 is 65.7 Å². The summed E-state index contributed by atoms with van der Waals surface area (Å²) in [5.74, 6) is -5.98. The number of nitriles is 1. The Balaban J connectivity index is 1.20. The van der Waals surface area contributed by atoms with E-state index in [0.29, 0.717) is 16.8 Å². The van der Waals surface area contributed by atoms with Crippen LogP contribution in [0.1, 0.15) is 79.8 Å². The Morgan fingerprint density at radius 1 is 0.698 bits per heavy atom. The van der Waals surface area contributed by atoms with Crippen molar-refractivity contribution in [1.82, 2.24) is 5.32 Å². The second-order valence-electron chi connectivity index (χ2n) is 14.2. The Bertz CT molecular complexity index is 2640. The van der Waals surface area contributed by atoms with Crippen LogP contribution in [0.5, 0.6) is 11.5 Å². The molecule has 5 aromatic rings. The summed E-state index contributed by atoms with van der Waals surface area (Å²) >= 11 is 0. The quantitative estimate of drug-likeness (QED) is 0.0541. The number of phenols is 1. The van der Waals surface area contributed by atoms with Gasteiger partial charge in [-0.3, -0.25) is 28.8 Å². The predicted molar refractivity (Wildman–Crippen MR) is 233 cm³/mol. The summed E-state index contributed by atoms with van der Waals surface area (Å²) in [5.41, 5.74) is 7.98. The lowest BCUT2D eigenvalue weighted by Crippen LogP contribution is -2.46. The van der Waals surface area contributed by atoms with E-state index in [4.69, 9.17) is 20.8 Å². The monoisotopic (exact) mass is 851 g/mol. The van der Waals surface area contributed by atoms with E-state index in [1.54, 1.807) is 51.1 Å². The number of carboxylic acids is 1. The highest BCUT2D eigenvalue weighted by molar-refractivity contribution is 6.10. The highest BCUT2D eigenvalue weighted by Gasteiger charge is 2.25. The van der Waals surface area contributed by atoms with E-state index in [1.807, 2.05) is 6.07 Å². The molecule has 0 unspecified atom stereocenters. The number of ether oxygens (including phenoxy) is 1. The number of nitrogens with one attached hydrogen (secondary N) is 5. The Morgan fingerprint density at radius 2 is 1.24 bits per heavy atom. The van der Waals surface area contributed by atoms with Crippen LogP contribution in [0.25, 0.3) is 6.08 Å². The number of benzene rings is 5. The highest BCUT2D eigenvalue weighted by atomic mass is 16.5. The molecule has 320 valence electrons. The molecule has 0 aliphatic heterocycles. The number of carboxylic acid groups (broad SMARTS) is 1. The molecule has 63 heavy (non-hydrogen) atoms. The summed E-state index contributed by atoms with van der Waals surface area (Å²) in [4.78, 5) is 88.6. The van der Waals surface area contributed by atoms with E-state index in [9.17, 15) is 38.7 Å². The first kappa shape index (κ1) is 45.3. The van der Waals surface area contributed by atoms with Crippen LogP contribution in [0.4, 0.5) is 22.7 Å². The molecule has 17 heteroatoms. The van der Waals surface area contributed by atoms with E-state index >= 15 is 0 Å². The SMILES string of the molecule is C/C(=C/c1ccc(C#N)cc1)C(=O)Nc1ccc(C(=O)N[C@@H](CC(N)=O)C(=O)Nc2ccc(C(=O)Nc3ccc(C(=O)Nc4ccc(C(=O)O)cc4)c(O)c3OC(C)C)cc2)cc1. The van der Waals surface area contributed by atoms with Crippen LogP contribution in [0, 0.1) is 11.3 Å². The lowest BCUT2D eigenvalue weighted by Gasteiger charge is -2.19. The van der Waals surface area contributed by atoms with Crippen molar-refractivity contribution in [3.05, 3.63) is 148 Å². The number of aromatic carboxylic acids is 1. The molecule has 0 fully saturated rings. The number of nitrogens with two attached hydrogens (primary N) is 1. The second-order valence-corrected chi connectivity index (χ2v) is 14.2. The third-order valence-corrected chi connectivity index (χ3v) is 9.00. The molecular formula is C46H41N7O10. The summed E-state index contributed by atoms with van der Waals surface area (Å²) in [6.07, 6.45) is 0.633. The summed E-state index contributed by atoms with van der Waals surface area (Å²) in [6, 6.07) is 26.8. The van der Waals surface area contributed by atoms with Crippen LogP contribution in [0.3, 0.4) is 0 Å². The van der Waals surface area contributed by atoms with Crippen LogP contribution < -0.4 is 37.1 Å². The zero-order valence-corrected chi connectivity index (χ0v) is 34.0. The van der Waals surface area contributed by atoms with Crippen molar-refractivity contribution < 1.29 is 48.5 Å². The van der Waals surface area contributed by atoms with Gasteiger partial charge in [0, 0.05) is 33.8 Å². The number of carbonyl (C=O) groups excluding carboxylic acids is 6. The highest BCUT2D eigenvalue weighted by Crippen LogP contribution is 2.39. The number of hydrogen-bond donors (Lipinski definition) is 8. The van der Waals surface area contributed by atoms with E-state index in [0.717, 1.165) is 5.56 Å². The van der Waals surface area contributed by atoms with E-state index in [1.165, 1.54) is 84.9 Å². The van der Waals surface area contributed by atoms with Gasteiger partial charge in [-0.25, -0.2) is 4.79 Å². The molecule has 0 aliphatic rings. The maximum atomic E-state index is 13.3. The molecule has 0 aliphatic carbocycles. The molecule has 0 saturated heterocycles. The number of amides is 6. The molecule has 0 aromatic heterocycles. The van der Waals surface area contributed by atoms with Crippen molar-refractivity contribution >= 4 is 70.2 Å². The Hall–Kier alpha value is -8.78. The number of primary amides is 1. The van der Waals surface area contributed by atoms with Gasteiger partial charge >= 0.3 is 5.97 Å². The summed E-state index contributed by atoms with van der Waals surface area (Å²) < 4.78 is 5.77. The second kappa shape index (κ2) is 20.5. The molecule has 17 nitrogen and oxygen atoms in total. The molecule has 0 radical (unpaired) electrons. The number of anilines is 4. The molecule has 0 bridgehead atoms. The van der Waals surface area contributed by atoms with Crippen LogP contribution in [0.15, 0.2) is 115 Å². The van der Waals surface area contributed by atoms with Gasteiger partial charge in [0.25, 0.3) is 23.6 Å². The van der Waals surface area contributed by atoms with Crippen LogP contribution >= 0.6 is 0 Å². The van der Waals surface area contributed by atoms with Gasteiger partial charge in [-0.1, -0.05) is 12.1 Å². The Morgan fingerprint density at radius 3 is 1.78 bits per heavy atom. The van der Waals surface area contributed by atoms with Crippen molar-refractivity contribution in [2.45, 2.75) is 39.3 Å². The van der Waals surface area contributed by atoms with E-state index in [2.05, 4.69) is 26.6 Å². The van der Waals surface area contributed by atoms with Crippen molar-refractivity contribution in [2.24, 2.45) is 5.73 Å². The maximum Gasteiger partial charge on any atom is 0.335 e. The first-order chi connectivity index (χ1) is 30.0. The lowest BCUT2D eigenvalue weighted by atomic mass is 10.1. The zero-order chi connectivity index (χ0) is 45.8. The standard InChI is InChI=1S/C46H41N7O10/c1-25(2)63-40-36(21-20-35(39(40)55)44(59)50-33-18-12-31(13-19-33)46(61)62)52-42(57)29-10-16-34(17-11-29)51-45(60)37(23-38(48)54)53-43(58)30-8-14-32(15-9-30)49-41(56)26(3)22-27-4-6-28(24-47)7-5-27/h4-22,25,37,55H,23H2,1-3H3,(H2,48,54)(H,49,56)(H,50,59)(H,51,60)(H,52,57)(H,53,58)(H,61,62)/b26-22-/t37-/m0/s1. The number of hydrogen-bond acceptors (Lipinski definition) is 10. The average molecular weight is 852 g/mol. The smallest absolute Gasteiger partial charge is 0.335 e. The van der Waals surface area contributed by atoms with E-state index in [-0.39, 0.29) is 45.1 Å². The Kier molecular flexibility index (Phi) is 14.7. The molecule has 5 rings (SSSR count). The molecule has 6 amide bonds. The molecule has 0 heterocycles. The minimum absolute atomic E-state index is 0.0197. The normalized spacial score (nSPS) is 11.3. The van der Waals surface area contributed by atoms with Gasteiger partial charge in [0.05, 0.1) is 41.0 Å². The first-order valence-electron chi connectivity index (χ1n) is 19.1. The van der Waals surface area contributed by atoms with Crippen LogP contribution in [-0.4, -0.2) is 63.8 Å². The third-order valence-electron chi connectivity index (χ3n) is 9.00. The number of nitrogens with zero attached hydrogens (tertiary/aromatic N) is 1. The number of rotatable bonds is 16. The predicted octanol–water partition coefficient (Wildman–Crippen LogP) is 5.91. The van der Waals surface area contributed by atoms with Crippen molar-refractivity contribution in [3.63, 3.8) is 0 Å². The summed E-state index contributed by atoms with van der Waals surface area (Å²) in [7, 11) is 0. The average Bonchev–Trinajstić information content (AvgIpc) is 3.25. The van der Waals surface area contributed by atoms with Gasteiger partial charge in [0.1, 0.15) is 6.04 Å². The van der Waals surface area contributed by atoms with Crippen LogP contribution in [-0.2, 0) is 14.4 Å². The maximum absolute atomic E-state index is 13.3. The fourth-order valence-electron chi connectivity index (χ4n) is 5.79. The van der Waals surface area contributed by atoms with Gasteiger partial charge in [-0.05, 0) is 129 Å². The fourth-order valence-corrected chi connectivity index (χ4v) is 5.79. The zero-order valence-electron chi connectivity index (χ0n) is 34.0. The van der Waals surface area contributed by atoms with Gasteiger partial charge in [0.15, 0.2) is 11.5 Å². The lowest BCUT2D eigenvalue weighted by molar-refractivity contribution is -0.123. The number of carbonyl (C=O) groups is 7. The minimum atomic E-state index is -1.39. The van der Waals surface area contributed by atoms with Crippen LogP contribution in [0.2, 0.25) is 0 Å². The summed E-state index contributed by atoms with van der Waals surface area (Å²) in [6.45, 7) is 4.98. The third kappa shape index (κ3) is 12.4. The van der Waals surface area contributed by atoms with Gasteiger partial charge in [-0.15, -0.1) is 0 Å².